The van der Waals surface area contributed by atoms with Gasteiger partial charge in [-0.2, -0.15) is 0 Å². The fraction of sp³-hybridized carbons (Fsp3) is 0.591. The van der Waals surface area contributed by atoms with E-state index in [0.717, 1.165) is 6.42 Å². The molecule has 4 rings (SSSR count). The summed E-state index contributed by atoms with van der Waals surface area (Å²) in [5, 5.41) is 15.5. The van der Waals surface area contributed by atoms with Crippen LogP contribution >= 0.6 is 11.8 Å². The third-order valence-electron chi connectivity index (χ3n) is 6.61. The Labute approximate surface area is 181 Å². The Morgan fingerprint density at radius 2 is 1.97 bits per heavy atom. The topological polar surface area (TPSA) is 98.7 Å². The van der Waals surface area contributed by atoms with Gasteiger partial charge in [0.15, 0.2) is 0 Å². The van der Waals surface area contributed by atoms with Gasteiger partial charge in [-0.25, -0.2) is 0 Å². The van der Waals surface area contributed by atoms with Crippen molar-refractivity contribution in [1.82, 2.24) is 10.2 Å². The van der Waals surface area contributed by atoms with E-state index in [9.17, 15) is 19.5 Å². The average Bonchev–Trinajstić information content (AvgIpc) is 3.27. The van der Waals surface area contributed by atoms with Crippen molar-refractivity contribution in [1.29, 1.82) is 0 Å². The van der Waals surface area contributed by atoms with Crippen molar-refractivity contribution in [2.75, 3.05) is 18.5 Å². The van der Waals surface area contributed by atoms with E-state index in [2.05, 4.69) is 17.6 Å². The Hall–Kier alpha value is -2.06. The molecule has 0 saturated carbocycles. The van der Waals surface area contributed by atoms with E-state index in [-0.39, 0.29) is 48.1 Å². The van der Waals surface area contributed by atoms with E-state index >= 15 is 0 Å². The molecule has 1 aromatic rings. The van der Waals surface area contributed by atoms with Crippen molar-refractivity contribution in [3.05, 3.63) is 30.3 Å². The highest BCUT2D eigenvalue weighted by atomic mass is 32.2. The van der Waals surface area contributed by atoms with Crippen LogP contribution in [0, 0.1) is 17.8 Å². The number of para-hydroxylation sites is 1. The van der Waals surface area contributed by atoms with Crippen molar-refractivity contribution in [3.63, 3.8) is 0 Å². The van der Waals surface area contributed by atoms with Crippen LogP contribution in [0.2, 0.25) is 0 Å². The van der Waals surface area contributed by atoms with Gasteiger partial charge in [0.05, 0.1) is 23.2 Å². The van der Waals surface area contributed by atoms with E-state index < -0.39 is 22.6 Å². The van der Waals surface area contributed by atoms with Crippen LogP contribution in [0.15, 0.2) is 30.3 Å². The number of fused-ring (bicyclic) bond motifs is 1. The van der Waals surface area contributed by atoms with E-state index in [1.54, 1.807) is 11.8 Å². The number of benzene rings is 1. The van der Waals surface area contributed by atoms with Gasteiger partial charge >= 0.3 is 0 Å². The Morgan fingerprint density at radius 1 is 1.27 bits per heavy atom. The molecular formula is C22H29N3O4S. The minimum atomic E-state index is -0.677. The number of aliphatic hydroxyl groups excluding tert-OH is 1. The van der Waals surface area contributed by atoms with Gasteiger partial charge < -0.3 is 20.6 Å². The van der Waals surface area contributed by atoms with Crippen molar-refractivity contribution >= 4 is 35.2 Å². The Bertz CT molecular complexity index is 848. The monoisotopic (exact) mass is 431 g/mol. The molecule has 30 heavy (non-hydrogen) atoms. The molecule has 0 radical (unpaired) electrons. The number of carbonyl (C=O) groups excluding carboxylic acids is 3. The molecular weight excluding hydrogens is 402 g/mol. The quantitative estimate of drug-likeness (QED) is 0.634. The zero-order valence-electron chi connectivity index (χ0n) is 17.5. The molecule has 3 aliphatic heterocycles. The van der Waals surface area contributed by atoms with Gasteiger partial charge in [0.1, 0.15) is 6.04 Å². The predicted octanol–water partition coefficient (Wildman–Crippen LogP) is 1.48. The largest absolute Gasteiger partial charge is 0.395 e. The number of nitrogens with zero attached hydrogens (tertiary/aromatic N) is 1. The average molecular weight is 432 g/mol. The number of β-amino-alcohol motifs (C(OH)–C–C–N with tert-alkyl or cyclic N) is 1. The second-order valence-corrected chi connectivity index (χ2v) is 10.4. The zero-order valence-corrected chi connectivity index (χ0v) is 18.3. The van der Waals surface area contributed by atoms with Crippen LogP contribution in [-0.4, -0.2) is 63.0 Å². The molecule has 1 aromatic carbocycles. The van der Waals surface area contributed by atoms with Crippen molar-refractivity contribution in [2.45, 2.75) is 49.3 Å². The van der Waals surface area contributed by atoms with Crippen molar-refractivity contribution in [2.24, 2.45) is 17.8 Å². The molecule has 8 heteroatoms. The Morgan fingerprint density at radius 3 is 2.60 bits per heavy atom. The first-order chi connectivity index (χ1) is 14.3. The van der Waals surface area contributed by atoms with E-state index in [0.29, 0.717) is 5.69 Å². The third kappa shape index (κ3) is 3.12. The number of aliphatic hydroxyl groups is 1. The molecule has 3 fully saturated rings. The lowest BCUT2D eigenvalue weighted by molar-refractivity contribution is -0.139. The smallest absolute Gasteiger partial charge is 0.244 e. The van der Waals surface area contributed by atoms with Crippen LogP contribution < -0.4 is 10.6 Å². The highest BCUT2D eigenvalue weighted by Crippen LogP contribution is 2.68. The second-order valence-electron chi connectivity index (χ2n) is 8.83. The number of rotatable bonds is 6. The van der Waals surface area contributed by atoms with Gasteiger partial charge in [0.2, 0.25) is 17.7 Å². The SMILES string of the molecule is CC(C)NC(=O)C1N(CCO)C(=O)[C@@H]2[C@H](C(=O)Nc3ccccc3)[C@@H]3CC(C)C12S3. The molecule has 2 bridgehead atoms. The fourth-order valence-electron chi connectivity index (χ4n) is 5.58. The predicted molar refractivity (Wildman–Crippen MR) is 116 cm³/mol. The van der Waals surface area contributed by atoms with Gasteiger partial charge in [-0.1, -0.05) is 25.1 Å². The van der Waals surface area contributed by atoms with E-state index in [1.807, 2.05) is 44.2 Å². The van der Waals surface area contributed by atoms with E-state index in [4.69, 9.17) is 0 Å². The summed E-state index contributed by atoms with van der Waals surface area (Å²) in [6.07, 6.45) is 0.791. The molecule has 162 valence electrons. The standard InChI is InChI=1S/C22H29N3O4S/c1-12(2)23-20(28)18-22-13(3)11-15(30-22)16(17(22)21(29)25(18)9-10-26)19(27)24-14-7-5-4-6-8-14/h4-8,12-13,15-18,26H,9-11H2,1-3H3,(H,23,28)(H,24,27)/t13?,15-,16+,17-,18?,22?/m0/s1. The van der Waals surface area contributed by atoms with Crippen LogP contribution in [0.3, 0.4) is 0 Å². The van der Waals surface area contributed by atoms with Crippen LogP contribution in [0.1, 0.15) is 27.2 Å². The molecule has 3 unspecified atom stereocenters. The summed E-state index contributed by atoms with van der Waals surface area (Å²) in [5.41, 5.74) is 0.698. The fourth-order valence-corrected chi connectivity index (χ4v) is 8.00. The summed E-state index contributed by atoms with van der Waals surface area (Å²) in [6, 6.07) is 8.49. The minimum absolute atomic E-state index is 0.00305. The highest BCUT2D eigenvalue weighted by molar-refractivity contribution is 8.02. The lowest BCUT2D eigenvalue weighted by atomic mass is 9.66. The maximum absolute atomic E-state index is 13.5. The van der Waals surface area contributed by atoms with Crippen molar-refractivity contribution in [3.8, 4) is 0 Å². The van der Waals surface area contributed by atoms with Crippen molar-refractivity contribution < 1.29 is 19.5 Å². The number of carbonyl (C=O) groups is 3. The summed E-state index contributed by atoms with van der Waals surface area (Å²) in [6.45, 7) is 5.73. The first kappa shape index (κ1) is 21.2. The minimum Gasteiger partial charge on any atom is -0.395 e. The molecule has 3 heterocycles. The molecule has 6 atom stereocenters. The van der Waals surface area contributed by atoms with Gasteiger partial charge in [0, 0.05) is 23.5 Å². The maximum atomic E-state index is 13.5. The highest BCUT2D eigenvalue weighted by Gasteiger charge is 2.75. The number of nitrogens with one attached hydrogen (secondary N) is 2. The first-order valence-electron chi connectivity index (χ1n) is 10.6. The molecule has 0 aliphatic carbocycles. The molecule has 3 aliphatic rings. The molecule has 1 spiro atoms. The Kier molecular flexibility index (Phi) is 5.57. The summed E-state index contributed by atoms with van der Waals surface area (Å²) >= 11 is 1.64. The van der Waals surface area contributed by atoms with Crippen LogP contribution in [-0.2, 0) is 14.4 Å². The van der Waals surface area contributed by atoms with Crippen LogP contribution in [0.25, 0.3) is 0 Å². The van der Waals surface area contributed by atoms with Gasteiger partial charge in [0.25, 0.3) is 0 Å². The number of anilines is 1. The third-order valence-corrected chi connectivity index (χ3v) is 8.69. The molecule has 7 nitrogen and oxygen atoms in total. The number of hydrogen-bond donors (Lipinski definition) is 3. The summed E-state index contributed by atoms with van der Waals surface area (Å²) in [5.74, 6) is -1.49. The van der Waals surface area contributed by atoms with Gasteiger partial charge in [-0.3, -0.25) is 14.4 Å². The number of hydrogen-bond acceptors (Lipinski definition) is 5. The van der Waals surface area contributed by atoms with Crippen LogP contribution in [0.4, 0.5) is 5.69 Å². The summed E-state index contributed by atoms with van der Waals surface area (Å²) in [7, 11) is 0. The normalized spacial score (nSPS) is 34.4. The molecule has 3 N–H and O–H groups in total. The van der Waals surface area contributed by atoms with Crippen LogP contribution in [0.5, 0.6) is 0 Å². The van der Waals surface area contributed by atoms with E-state index in [1.165, 1.54) is 4.90 Å². The Balaban J connectivity index is 1.70. The lowest BCUT2D eigenvalue weighted by Crippen LogP contribution is -2.57. The van der Waals surface area contributed by atoms with Gasteiger partial charge in [-0.05, 0) is 38.3 Å². The molecule has 0 aromatic heterocycles. The molecule has 3 amide bonds. The first-order valence-corrected chi connectivity index (χ1v) is 11.4. The number of amides is 3. The summed E-state index contributed by atoms with van der Waals surface area (Å²) < 4.78 is -0.644. The number of thioether (sulfide) groups is 1. The molecule has 3 saturated heterocycles. The second kappa shape index (κ2) is 7.89. The lowest BCUT2D eigenvalue weighted by Gasteiger charge is -2.38. The number of likely N-dealkylation sites (tertiary alicyclic amines) is 1. The maximum Gasteiger partial charge on any atom is 0.244 e. The van der Waals surface area contributed by atoms with Gasteiger partial charge in [-0.15, -0.1) is 11.8 Å². The zero-order chi connectivity index (χ0) is 21.6. The summed E-state index contributed by atoms with van der Waals surface area (Å²) in [4.78, 5) is 41.5.